The fraction of sp³-hybridized carbons (Fsp3) is 0.611. The zero-order valence-corrected chi connectivity index (χ0v) is 14.6. The largest absolute Gasteiger partial charge is 0.389 e. The molecule has 0 saturated carbocycles. The third kappa shape index (κ3) is 6.58. The highest BCUT2D eigenvalue weighted by Crippen LogP contribution is 2.19. The van der Waals surface area contributed by atoms with Gasteiger partial charge in [0.2, 0.25) is 5.91 Å². The first kappa shape index (κ1) is 18.7. The number of benzene rings is 1. The second-order valence-corrected chi connectivity index (χ2v) is 6.60. The predicted molar refractivity (Wildman–Crippen MR) is 92.2 cm³/mol. The van der Waals surface area contributed by atoms with Crippen LogP contribution in [-0.4, -0.2) is 41.1 Å². The van der Waals surface area contributed by atoms with Crippen LogP contribution in [0.2, 0.25) is 0 Å². The van der Waals surface area contributed by atoms with Crippen molar-refractivity contribution in [2.45, 2.75) is 53.1 Å². The molecule has 0 saturated heterocycles. The van der Waals surface area contributed by atoms with Gasteiger partial charge in [0, 0.05) is 18.7 Å². The fourth-order valence-corrected chi connectivity index (χ4v) is 2.57. The van der Waals surface area contributed by atoms with Crippen LogP contribution in [0.4, 0.5) is 5.69 Å². The van der Waals surface area contributed by atoms with Crippen molar-refractivity contribution in [3.8, 4) is 0 Å². The SMILES string of the molecule is CCN(CCCC(=O)Nc1c(C)cccc1C)CC(C)(C)O. The van der Waals surface area contributed by atoms with Crippen molar-refractivity contribution in [2.75, 3.05) is 25.0 Å². The number of aliphatic hydroxyl groups is 1. The number of hydrogen-bond donors (Lipinski definition) is 2. The molecular formula is C18H30N2O2. The maximum absolute atomic E-state index is 12.1. The Morgan fingerprint density at radius 2 is 1.86 bits per heavy atom. The number of aryl methyl sites for hydroxylation is 2. The van der Waals surface area contributed by atoms with Crippen LogP contribution in [0.5, 0.6) is 0 Å². The maximum atomic E-state index is 12.1. The molecule has 1 aromatic carbocycles. The van der Waals surface area contributed by atoms with Crippen molar-refractivity contribution >= 4 is 11.6 Å². The summed E-state index contributed by atoms with van der Waals surface area (Å²) in [5, 5.41) is 12.9. The Labute approximate surface area is 134 Å². The van der Waals surface area contributed by atoms with Gasteiger partial charge in [0.15, 0.2) is 0 Å². The van der Waals surface area contributed by atoms with Gasteiger partial charge in [-0.3, -0.25) is 4.79 Å². The van der Waals surface area contributed by atoms with Gasteiger partial charge in [-0.1, -0.05) is 25.1 Å². The van der Waals surface area contributed by atoms with Gasteiger partial charge < -0.3 is 15.3 Å². The number of nitrogens with zero attached hydrogens (tertiary/aromatic N) is 1. The van der Waals surface area contributed by atoms with Crippen LogP contribution in [0, 0.1) is 13.8 Å². The van der Waals surface area contributed by atoms with Gasteiger partial charge in [-0.15, -0.1) is 0 Å². The second-order valence-electron chi connectivity index (χ2n) is 6.60. The summed E-state index contributed by atoms with van der Waals surface area (Å²) in [4.78, 5) is 14.3. The van der Waals surface area contributed by atoms with E-state index >= 15 is 0 Å². The summed E-state index contributed by atoms with van der Waals surface area (Å²) >= 11 is 0. The number of carbonyl (C=O) groups excluding carboxylic acids is 1. The first-order chi connectivity index (χ1) is 10.2. The smallest absolute Gasteiger partial charge is 0.224 e. The number of hydrogen-bond acceptors (Lipinski definition) is 3. The zero-order valence-electron chi connectivity index (χ0n) is 14.6. The molecule has 22 heavy (non-hydrogen) atoms. The molecule has 1 aromatic rings. The van der Waals surface area contributed by atoms with E-state index < -0.39 is 5.60 Å². The lowest BCUT2D eigenvalue weighted by Gasteiger charge is -2.27. The Hall–Kier alpha value is -1.39. The summed E-state index contributed by atoms with van der Waals surface area (Å²) in [6.07, 6.45) is 1.29. The summed E-state index contributed by atoms with van der Waals surface area (Å²) in [5.74, 6) is 0.0525. The van der Waals surface area contributed by atoms with Crippen LogP contribution in [-0.2, 0) is 4.79 Å². The summed E-state index contributed by atoms with van der Waals surface area (Å²) in [6, 6.07) is 6.01. The van der Waals surface area contributed by atoms with Crippen LogP contribution in [0.3, 0.4) is 0 Å². The lowest BCUT2D eigenvalue weighted by atomic mass is 10.1. The van der Waals surface area contributed by atoms with E-state index in [0.29, 0.717) is 13.0 Å². The van der Waals surface area contributed by atoms with Crippen LogP contribution in [0.1, 0.15) is 44.7 Å². The zero-order chi connectivity index (χ0) is 16.8. The average molecular weight is 306 g/mol. The molecule has 0 fully saturated rings. The maximum Gasteiger partial charge on any atom is 0.224 e. The lowest BCUT2D eigenvalue weighted by molar-refractivity contribution is -0.116. The molecule has 0 aromatic heterocycles. The molecule has 0 spiro atoms. The number of likely N-dealkylation sites (N-methyl/N-ethyl adjacent to an activating group) is 1. The molecule has 1 rings (SSSR count). The van der Waals surface area contributed by atoms with Crippen molar-refractivity contribution in [1.29, 1.82) is 0 Å². The van der Waals surface area contributed by atoms with Crippen LogP contribution >= 0.6 is 0 Å². The van der Waals surface area contributed by atoms with Gasteiger partial charge in [-0.05, 0) is 58.3 Å². The molecule has 0 heterocycles. The van der Waals surface area contributed by atoms with Crippen molar-refractivity contribution in [1.82, 2.24) is 4.90 Å². The number of para-hydroxylation sites is 1. The fourth-order valence-electron chi connectivity index (χ4n) is 2.57. The summed E-state index contributed by atoms with van der Waals surface area (Å²) < 4.78 is 0. The van der Waals surface area contributed by atoms with Gasteiger partial charge in [0.1, 0.15) is 0 Å². The lowest BCUT2D eigenvalue weighted by Crippen LogP contribution is -2.39. The second kappa shape index (κ2) is 8.30. The molecule has 124 valence electrons. The Morgan fingerprint density at radius 1 is 1.27 bits per heavy atom. The monoisotopic (exact) mass is 306 g/mol. The van der Waals surface area contributed by atoms with E-state index in [4.69, 9.17) is 0 Å². The summed E-state index contributed by atoms with van der Waals surface area (Å²) in [6.45, 7) is 12.0. The minimum Gasteiger partial charge on any atom is -0.389 e. The van der Waals surface area contributed by atoms with Gasteiger partial charge in [0.05, 0.1) is 5.60 Å². The first-order valence-electron chi connectivity index (χ1n) is 8.03. The molecule has 0 atom stereocenters. The highest BCUT2D eigenvalue weighted by Gasteiger charge is 2.17. The van der Waals surface area contributed by atoms with E-state index in [1.165, 1.54) is 0 Å². The van der Waals surface area contributed by atoms with E-state index in [1.807, 2.05) is 45.9 Å². The van der Waals surface area contributed by atoms with Crippen LogP contribution in [0.25, 0.3) is 0 Å². The number of rotatable bonds is 8. The molecule has 2 N–H and O–H groups in total. The van der Waals surface area contributed by atoms with Crippen molar-refractivity contribution in [3.63, 3.8) is 0 Å². The van der Waals surface area contributed by atoms with E-state index in [1.54, 1.807) is 0 Å². The molecule has 4 nitrogen and oxygen atoms in total. The van der Waals surface area contributed by atoms with E-state index in [-0.39, 0.29) is 5.91 Å². The minimum absolute atomic E-state index is 0.0525. The number of anilines is 1. The number of nitrogens with one attached hydrogen (secondary N) is 1. The highest BCUT2D eigenvalue weighted by molar-refractivity contribution is 5.92. The van der Waals surface area contributed by atoms with Gasteiger partial charge >= 0.3 is 0 Å². The third-order valence-corrected chi connectivity index (χ3v) is 3.68. The van der Waals surface area contributed by atoms with E-state index in [0.717, 1.165) is 36.3 Å². The topological polar surface area (TPSA) is 52.6 Å². The molecule has 4 heteroatoms. The van der Waals surface area contributed by atoms with Crippen molar-refractivity contribution in [2.24, 2.45) is 0 Å². The number of amides is 1. The van der Waals surface area contributed by atoms with Gasteiger partial charge in [0.25, 0.3) is 0 Å². The minimum atomic E-state index is -0.698. The average Bonchev–Trinajstić information content (AvgIpc) is 2.40. The summed E-state index contributed by atoms with van der Waals surface area (Å²) in [7, 11) is 0. The highest BCUT2D eigenvalue weighted by atomic mass is 16.3. The molecule has 0 aliphatic heterocycles. The molecule has 0 radical (unpaired) electrons. The Bertz CT molecular complexity index is 472. The van der Waals surface area contributed by atoms with Gasteiger partial charge in [-0.2, -0.15) is 0 Å². The Balaban J connectivity index is 2.43. The molecule has 0 aliphatic carbocycles. The van der Waals surface area contributed by atoms with Crippen molar-refractivity contribution in [3.05, 3.63) is 29.3 Å². The quantitative estimate of drug-likeness (QED) is 0.776. The normalized spacial score (nSPS) is 11.8. The van der Waals surface area contributed by atoms with Crippen LogP contribution < -0.4 is 5.32 Å². The molecule has 0 aliphatic rings. The van der Waals surface area contributed by atoms with E-state index in [9.17, 15) is 9.90 Å². The predicted octanol–water partition coefficient (Wildman–Crippen LogP) is 3.11. The molecule has 0 unspecified atom stereocenters. The van der Waals surface area contributed by atoms with Crippen LogP contribution in [0.15, 0.2) is 18.2 Å². The number of carbonyl (C=O) groups is 1. The van der Waals surface area contributed by atoms with E-state index in [2.05, 4.69) is 17.1 Å². The molecular weight excluding hydrogens is 276 g/mol. The molecule has 1 amide bonds. The Kier molecular flexibility index (Phi) is 7.04. The Morgan fingerprint density at radius 3 is 2.36 bits per heavy atom. The summed E-state index contributed by atoms with van der Waals surface area (Å²) in [5.41, 5.74) is 2.41. The standard InChI is InChI=1S/C18H30N2O2/c1-6-20(13-18(4,5)22)12-8-11-16(21)19-17-14(2)9-7-10-15(17)3/h7,9-10,22H,6,8,11-13H2,1-5H3,(H,19,21). The molecule has 0 bridgehead atoms. The van der Waals surface area contributed by atoms with Gasteiger partial charge in [-0.25, -0.2) is 0 Å². The first-order valence-corrected chi connectivity index (χ1v) is 8.03. The third-order valence-electron chi connectivity index (χ3n) is 3.68. The van der Waals surface area contributed by atoms with Crippen molar-refractivity contribution < 1.29 is 9.90 Å².